The molecule has 2 aromatic rings. The predicted octanol–water partition coefficient (Wildman–Crippen LogP) is 2.77. The van der Waals surface area contributed by atoms with Crippen molar-refractivity contribution in [2.45, 2.75) is 20.3 Å². The number of fused-ring (bicyclic) bond motifs is 1. The second-order valence-electron chi connectivity index (χ2n) is 8.77. The van der Waals surface area contributed by atoms with Crippen LogP contribution in [0.2, 0.25) is 0 Å². The molecule has 0 bridgehead atoms. The maximum atomic E-state index is 12.8. The molecule has 30 heavy (non-hydrogen) atoms. The van der Waals surface area contributed by atoms with E-state index in [-0.39, 0.29) is 16.5 Å². The van der Waals surface area contributed by atoms with Gasteiger partial charge in [-0.15, -0.1) is 0 Å². The van der Waals surface area contributed by atoms with Gasteiger partial charge in [0.2, 0.25) is 5.91 Å². The maximum absolute atomic E-state index is 12.8. The zero-order valence-corrected chi connectivity index (χ0v) is 17.7. The number of pyridine rings is 1. The fourth-order valence-corrected chi connectivity index (χ4v) is 4.86. The second kappa shape index (κ2) is 8.55. The van der Waals surface area contributed by atoms with Gasteiger partial charge in [-0.2, -0.15) is 0 Å². The smallest absolute Gasteiger partial charge is 0.278 e. The summed E-state index contributed by atoms with van der Waals surface area (Å²) in [5, 5.41) is 11.9. The van der Waals surface area contributed by atoms with Gasteiger partial charge < -0.3 is 9.80 Å². The molecule has 2 fully saturated rings. The third-order valence-corrected chi connectivity index (χ3v) is 6.22. The molecule has 0 unspecified atom stereocenters. The number of carbonyl (C=O) groups is 1. The van der Waals surface area contributed by atoms with Crippen LogP contribution in [0.1, 0.15) is 20.3 Å². The average molecular weight is 412 g/mol. The zero-order valence-electron chi connectivity index (χ0n) is 17.7. The van der Waals surface area contributed by atoms with Crippen molar-refractivity contribution in [3.63, 3.8) is 0 Å². The maximum Gasteiger partial charge on any atom is 0.278 e. The minimum absolute atomic E-state index is 0.0797. The number of anilines is 1. The Balaban J connectivity index is 1.41. The van der Waals surface area contributed by atoms with E-state index in [4.69, 9.17) is 0 Å². The van der Waals surface area contributed by atoms with Crippen LogP contribution in [0.15, 0.2) is 30.5 Å². The highest BCUT2D eigenvalue weighted by atomic mass is 16.6. The number of piperidine rings is 1. The molecule has 8 heteroatoms. The number of piperazine rings is 1. The normalized spacial score (nSPS) is 23.0. The van der Waals surface area contributed by atoms with Crippen molar-refractivity contribution in [2.75, 3.05) is 50.7 Å². The van der Waals surface area contributed by atoms with Gasteiger partial charge in [-0.25, -0.2) is 0 Å². The number of likely N-dealkylation sites (tertiary alicyclic amines) is 1. The topological polar surface area (TPSA) is 82.8 Å². The summed E-state index contributed by atoms with van der Waals surface area (Å²) in [6.07, 6.45) is 2.87. The molecule has 0 aliphatic carbocycles. The van der Waals surface area contributed by atoms with Crippen molar-refractivity contribution in [1.29, 1.82) is 0 Å². The van der Waals surface area contributed by atoms with Gasteiger partial charge in [0.05, 0.1) is 22.5 Å². The molecule has 160 valence electrons. The number of hydrogen-bond donors (Lipinski definition) is 0. The number of nitrogens with zero attached hydrogens (tertiary/aromatic N) is 5. The summed E-state index contributed by atoms with van der Waals surface area (Å²) < 4.78 is 0. The lowest BCUT2D eigenvalue weighted by Crippen LogP contribution is -2.52. The standard InChI is InChI=1S/C22H29N5O3/c1-16-12-17(2)14-26(13-16)21(28)15-24-8-10-25(11-9-24)20-6-5-19(27(29)30)18-4-3-7-23-22(18)20/h3-7,16-17H,8-15H2,1-2H3/t16-,17+. The van der Waals surface area contributed by atoms with Crippen molar-refractivity contribution < 1.29 is 9.72 Å². The quantitative estimate of drug-likeness (QED) is 0.568. The van der Waals surface area contributed by atoms with Crippen LogP contribution >= 0.6 is 0 Å². The molecule has 1 amide bonds. The Morgan fingerprint density at radius 2 is 1.83 bits per heavy atom. The molecule has 8 nitrogen and oxygen atoms in total. The fourth-order valence-electron chi connectivity index (χ4n) is 4.86. The fraction of sp³-hybridized carbons (Fsp3) is 0.545. The molecule has 0 spiro atoms. The molecule has 2 aliphatic rings. The van der Waals surface area contributed by atoms with Crippen LogP contribution in [0.3, 0.4) is 0 Å². The Morgan fingerprint density at radius 3 is 2.50 bits per heavy atom. The summed E-state index contributed by atoms with van der Waals surface area (Å²) in [5.41, 5.74) is 1.66. The van der Waals surface area contributed by atoms with E-state index in [9.17, 15) is 14.9 Å². The van der Waals surface area contributed by atoms with Gasteiger partial charge in [-0.3, -0.25) is 24.8 Å². The summed E-state index contributed by atoms with van der Waals surface area (Å²) in [6, 6.07) is 6.84. The lowest BCUT2D eigenvalue weighted by atomic mass is 9.92. The van der Waals surface area contributed by atoms with Gasteiger partial charge in [-0.05, 0) is 36.5 Å². The number of hydrogen-bond acceptors (Lipinski definition) is 6. The SMILES string of the molecule is C[C@@H]1C[C@H](C)CN(C(=O)CN2CCN(c3ccc([N+](=O)[O-])c4cccnc34)CC2)C1. The number of aromatic nitrogens is 1. The number of non-ortho nitro benzene ring substituents is 1. The number of rotatable bonds is 4. The van der Waals surface area contributed by atoms with E-state index in [1.807, 2.05) is 4.90 Å². The van der Waals surface area contributed by atoms with Gasteiger partial charge in [-0.1, -0.05) is 13.8 Å². The van der Waals surface area contributed by atoms with E-state index >= 15 is 0 Å². The number of carbonyl (C=O) groups excluding carboxylic acids is 1. The van der Waals surface area contributed by atoms with Crippen LogP contribution < -0.4 is 4.90 Å². The van der Waals surface area contributed by atoms with Crippen molar-refractivity contribution in [3.8, 4) is 0 Å². The number of benzene rings is 1. The Labute approximate surface area is 176 Å². The monoisotopic (exact) mass is 411 g/mol. The molecular formula is C22H29N5O3. The third-order valence-electron chi connectivity index (χ3n) is 6.22. The summed E-state index contributed by atoms with van der Waals surface area (Å²) in [5.74, 6) is 1.36. The van der Waals surface area contributed by atoms with Crippen molar-refractivity contribution in [1.82, 2.24) is 14.8 Å². The zero-order chi connectivity index (χ0) is 21.3. The van der Waals surface area contributed by atoms with Gasteiger partial charge in [0.25, 0.3) is 5.69 Å². The summed E-state index contributed by atoms with van der Waals surface area (Å²) in [4.78, 5) is 34.6. The molecule has 0 N–H and O–H groups in total. The molecule has 1 aromatic carbocycles. The molecule has 0 saturated carbocycles. The van der Waals surface area contributed by atoms with Crippen LogP contribution in [-0.4, -0.2) is 71.4 Å². The van der Waals surface area contributed by atoms with E-state index in [1.54, 1.807) is 30.5 Å². The summed E-state index contributed by atoms with van der Waals surface area (Å²) in [6.45, 7) is 9.74. The van der Waals surface area contributed by atoms with E-state index in [0.717, 1.165) is 45.0 Å². The van der Waals surface area contributed by atoms with E-state index in [0.29, 0.717) is 29.3 Å². The molecule has 4 rings (SSSR count). The minimum atomic E-state index is -0.361. The van der Waals surface area contributed by atoms with Crippen molar-refractivity contribution in [2.24, 2.45) is 11.8 Å². The lowest BCUT2D eigenvalue weighted by Gasteiger charge is -2.39. The first-order chi connectivity index (χ1) is 14.4. The largest absolute Gasteiger partial charge is 0.367 e. The van der Waals surface area contributed by atoms with Crippen LogP contribution in [-0.2, 0) is 4.79 Å². The molecule has 2 saturated heterocycles. The number of amides is 1. The number of nitro benzene ring substituents is 1. The molecule has 3 heterocycles. The minimum Gasteiger partial charge on any atom is -0.367 e. The van der Waals surface area contributed by atoms with E-state index in [2.05, 4.69) is 28.6 Å². The van der Waals surface area contributed by atoms with E-state index < -0.39 is 0 Å². The average Bonchev–Trinajstić information content (AvgIpc) is 2.72. The van der Waals surface area contributed by atoms with Gasteiger partial charge in [0.1, 0.15) is 5.52 Å². The van der Waals surface area contributed by atoms with Crippen LogP contribution in [0.4, 0.5) is 11.4 Å². The molecule has 0 radical (unpaired) electrons. The highest BCUT2D eigenvalue weighted by Gasteiger charge is 2.28. The Kier molecular flexibility index (Phi) is 5.85. The Morgan fingerprint density at radius 1 is 1.13 bits per heavy atom. The van der Waals surface area contributed by atoms with Gasteiger partial charge >= 0.3 is 0 Å². The first kappa shape index (κ1) is 20.5. The predicted molar refractivity (Wildman–Crippen MR) is 117 cm³/mol. The molecule has 2 atom stereocenters. The first-order valence-electron chi connectivity index (χ1n) is 10.7. The third kappa shape index (κ3) is 4.23. The van der Waals surface area contributed by atoms with Gasteiger partial charge in [0, 0.05) is 51.5 Å². The van der Waals surface area contributed by atoms with Crippen LogP contribution in [0.5, 0.6) is 0 Å². The Bertz CT molecular complexity index is 932. The lowest BCUT2D eigenvalue weighted by molar-refractivity contribution is -0.383. The Hall–Kier alpha value is -2.74. The second-order valence-corrected chi connectivity index (χ2v) is 8.77. The first-order valence-corrected chi connectivity index (χ1v) is 10.7. The van der Waals surface area contributed by atoms with Crippen LogP contribution in [0.25, 0.3) is 10.9 Å². The van der Waals surface area contributed by atoms with Crippen LogP contribution in [0, 0.1) is 22.0 Å². The number of nitro groups is 1. The molecule has 2 aliphatic heterocycles. The molecular weight excluding hydrogens is 382 g/mol. The summed E-state index contributed by atoms with van der Waals surface area (Å²) in [7, 11) is 0. The highest BCUT2D eigenvalue weighted by Crippen LogP contribution is 2.32. The summed E-state index contributed by atoms with van der Waals surface area (Å²) >= 11 is 0. The van der Waals surface area contributed by atoms with E-state index in [1.165, 1.54) is 6.42 Å². The highest BCUT2D eigenvalue weighted by molar-refractivity contribution is 5.97. The van der Waals surface area contributed by atoms with Gasteiger partial charge in [0.15, 0.2) is 0 Å². The van der Waals surface area contributed by atoms with Crippen molar-refractivity contribution in [3.05, 3.63) is 40.6 Å². The van der Waals surface area contributed by atoms with Crippen molar-refractivity contribution >= 4 is 28.2 Å². The molecule has 1 aromatic heterocycles.